The minimum Gasteiger partial charge on any atom is -0.328 e. The maximum Gasteiger partial charge on any atom is 0.178 e. The zero-order chi connectivity index (χ0) is 12.2. The molecule has 0 aliphatic carbocycles. The quantitative estimate of drug-likeness (QED) is 0.856. The van der Waals surface area contributed by atoms with Crippen LogP contribution in [0.1, 0.15) is 25.3 Å². The molecule has 1 aromatic carbocycles. The zero-order valence-corrected chi connectivity index (χ0v) is 10.6. The van der Waals surface area contributed by atoms with Crippen LogP contribution in [0.2, 0.25) is 0 Å². The lowest BCUT2D eigenvalue weighted by molar-refractivity contribution is 0.585. The molecule has 4 heteroatoms. The van der Waals surface area contributed by atoms with Gasteiger partial charge in [0.15, 0.2) is 9.84 Å². The fourth-order valence-electron chi connectivity index (χ4n) is 1.52. The van der Waals surface area contributed by atoms with Crippen LogP contribution in [0.4, 0.5) is 0 Å². The van der Waals surface area contributed by atoms with Crippen molar-refractivity contribution >= 4 is 9.84 Å². The second kappa shape index (κ2) is 5.46. The molecule has 0 fully saturated rings. The fourth-order valence-corrected chi connectivity index (χ4v) is 2.96. The van der Waals surface area contributed by atoms with Gasteiger partial charge in [0.1, 0.15) is 0 Å². The van der Waals surface area contributed by atoms with Crippen molar-refractivity contribution in [2.45, 2.75) is 37.6 Å². The van der Waals surface area contributed by atoms with E-state index in [1.165, 1.54) is 0 Å². The van der Waals surface area contributed by atoms with E-state index < -0.39 is 9.84 Å². The lowest BCUT2D eigenvalue weighted by Crippen LogP contribution is -2.16. The normalized spacial score (nSPS) is 13.7. The summed E-state index contributed by atoms with van der Waals surface area (Å²) in [5, 5.41) is 0. The van der Waals surface area contributed by atoms with E-state index in [9.17, 15) is 8.42 Å². The van der Waals surface area contributed by atoms with E-state index in [1.54, 1.807) is 18.2 Å². The molecule has 2 N–H and O–H groups in total. The monoisotopic (exact) mass is 241 g/mol. The Kier molecular flexibility index (Phi) is 4.50. The van der Waals surface area contributed by atoms with Crippen molar-refractivity contribution in [1.82, 2.24) is 0 Å². The van der Waals surface area contributed by atoms with Crippen molar-refractivity contribution in [3.63, 3.8) is 0 Å². The van der Waals surface area contributed by atoms with Crippen molar-refractivity contribution in [2.24, 2.45) is 5.73 Å². The van der Waals surface area contributed by atoms with Crippen molar-refractivity contribution in [1.29, 1.82) is 0 Å². The SMILES string of the molecule is Cc1cccc(S(=O)(=O)CCCC(C)N)c1. The lowest BCUT2D eigenvalue weighted by Gasteiger charge is -2.07. The third kappa shape index (κ3) is 3.94. The third-order valence-corrected chi connectivity index (χ3v) is 4.22. The summed E-state index contributed by atoms with van der Waals surface area (Å²) in [6, 6.07) is 7.08. The molecule has 0 spiro atoms. The van der Waals surface area contributed by atoms with E-state index in [2.05, 4.69) is 0 Å². The molecular weight excluding hydrogens is 222 g/mol. The Morgan fingerprint density at radius 3 is 2.62 bits per heavy atom. The van der Waals surface area contributed by atoms with Crippen LogP contribution in [0.15, 0.2) is 29.2 Å². The highest BCUT2D eigenvalue weighted by molar-refractivity contribution is 7.91. The summed E-state index contributed by atoms with van der Waals surface area (Å²) in [7, 11) is -3.13. The van der Waals surface area contributed by atoms with Gasteiger partial charge in [0.2, 0.25) is 0 Å². The van der Waals surface area contributed by atoms with Crippen LogP contribution in [0.25, 0.3) is 0 Å². The van der Waals surface area contributed by atoms with Gasteiger partial charge in [-0.3, -0.25) is 0 Å². The van der Waals surface area contributed by atoms with Gasteiger partial charge in [-0.05, 0) is 44.4 Å². The average Bonchev–Trinajstić information content (AvgIpc) is 2.16. The van der Waals surface area contributed by atoms with Gasteiger partial charge in [0.25, 0.3) is 0 Å². The Labute approximate surface area is 97.6 Å². The van der Waals surface area contributed by atoms with Crippen LogP contribution >= 0.6 is 0 Å². The Balaban J connectivity index is 2.71. The molecule has 1 atom stereocenters. The number of nitrogens with two attached hydrogens (primary N) is 1. The number of sulfone groups is 1. The van der Waals surface area contributed by atoms with E-state index in [4.69, 9.17) is 5.73 Å². The molecule has 16 heavy (non-hydrogen) atoms. The highest BCUT2D eigenvalue weighted by Crippen LogP contribution is 2.14. The van der Waals surface area contributed by atoms with E-state index in [-0.39, 0.29) is 11.8 Å². The van der Waals surface area contributed by atoms with Crippen LogP contribution < -0.4 is 5.73 Å². The summed E-state index contributed by atoms with van der Waals surface area (Å²) < 4.78 is 23.9. The number of hydrogen-bond acceptors (Lipinski definition) is 3. The fraction of sp³-hybridized carbons (Fsp3) is 0.500. The van der Waals surface area contributed by atoms with E-state index in [0.717, 1.165) is 12.0 Å². The predicted octanol–water partition coefficient (Wildman–Crippen LogP) is 1.90. The molecule has 0 aromatic heterocycles. The van der Waals surface area contributed by atoms with Crippen LogP contribution in [-0.2, 0) is 9.84 Å². The lowest BCUT2D eigenvalue weighted by atomic mass is 10.2. The number of aryl methyl sites for hydroxylation is 1. The number of rotatable bonds is 5. The summed E-state index contributed by atoms with van der Waals surface area (Å²) >= 11 is 0. The van der Waals surface area contributed by atoms with Crippen LogP contribution in [0.3, 0.4) is 0 Å². The first-order valence-corrected chi connectivity index (χ1v) is 7.12. The molecule has 0 aliphatic heterocycles. The molecule has 0 heterocycles. The standard InChI is InChI=1S/C12H19NO2S/c1-10-5-3-7-12(9-10)16(14,15)8-4-6-11(2)13/h3,5,7,9,11H,4,6,8,13H2,1-2H3. The average molecular weight is 241 g/mol. The molecule has 90 valence electrons. The van der Waals surface area contributed by atoms with Crippen LogP contribution in [0.5, 0.6) is 0 Å². The summed E-state index contributed by atoms with van der Waals surface area (Å²) in [5.41, 5.74) is 6.56. The van der Waals surface area contributed by atoms with Gasteiger partial charge >= 0.3 is 0 Å². The summed E-state index contributed by atoms with van der Waals surface area (Å²) in [5.74, 6) is 0.179. The topological polar surface area (TPSA) is 60.2 Å². The van der Waals surface area contributed by atoms with Crippen molar-refractivity contribution in [3.8, 4) is 0 Å². The largest absolute Gasteiger partial charge is 0.328 e. The molecule has 3 nitrogen and oxygen atoms in total. The molecule has 0 saturated carbocycles. The van der Waals surface area contributed by atoms with Crippen molar-refractivity contribution < 1.29 is 8.42 Å². The highest BCUT2D eigenvalue weighted by atomic mass is 32.2. The van der Waals surface area contributed by atoms with Crippen LogP contribution in [-0.4, -0.2) is 20.2 Å². The van der Waals surface area contributed by atoms with Gasteiger partial charge < -0.3 is 5.73 Å². The molecule has 0 radical (unpaired) electrons. The Bertz CT molecular complexity index is 438. The first-order chi connectivity index (χ1) is 7.42. The van der Waals surface area contributed by atoms with Gasteiger partial charge in [-0.15, -0.1) is 0 Å². The van der Waals surface area contributed by atoms with Gasteiger partial charge in [0.05, 0.1) is 10.6 Å². The Morgan fingerprint density at radius 2 is 2.06 bits per heavy atom. The summed E-state index contributed by atoms with van der Waals surface area (Å²) in [4.78, 5) is 0.414. The van der Waals surface area contributed by atoms with E-state index >= 15 is 0 Å². The van der Waals surface area contributed by atoms with Crippen LogP contribution in [0, 0.1) is 6.92 Å². The van der Waals surface area contributed by atoms with Gasteiger partial charge in [-0.25, -0.2) is 8.42 Å². The Hall–Kier alpha value is -0.870. The molecule has 0 aliphatic rings. The van der Waals surface area contributed by atoms with E-state index in [0.29, 0.717) is 11.3 Å². The first kappa shape index (κ1) is 13.2. The molecule has 0 amide bonds. The van der Waals surface area contributed by atoms with Crippen molar-refractivity contribution in [2.75, 3.05) is 5.75 Å². The third-order valence-electron chi connectivity index (χ3n) is 2.42. The number of hydrogen-bond donors (Lipinski definition) is 1. The highest BCUT2D eigenvalue weighted by Gasteiger charge is 2.13. The van der Waals surface area contributed by atoms with Crippen molar-refractivity contribution in [3.05, 3.63) is 29.8 Å². The molecule has 1 aromatic rings. The zero-order valence-electron chi connectivity index (χ0n) is 9.81. The maximum absolute atomic E-state index is 11.9. The maximum atomic E-state index is 11.9. The summed E-state index contributed by atoms with van der Waals surface area (Å²) in [6.45, 7) is 3.78. The minimum atomic E-state index is -3.13. The first-order valence-electron chi connectivity index (χ1n) is 5.47. The molecule has 0 saturated heterocycles. The predicted molar refractivity (Wildman–Crippen MR) is 66.1 cm³/mol. The molecular formula is C12H19NO2S. The van der Waals surface area contributed by atoms with Gasteiger partial charge in [-0.1, -0.05) is 12.1 Å². The molecule has 0 bridgehead atoms. The smallest absolute Gasteiger partial charge is 0.178 e. The molecule has 1 unspecified atom stereocenters. The summed E-state index contributed by atoms with van der Waals surface area (Å²) in [6.07, 6.45) is 1.36. The Morgan fingerprint density at radius 1 is 1.38 bits per heavy atom. The number of benzene rings is 1. The second-order valence-electron chi connectivity index (χ2n) is 4.25. The van der Waals surface area contributed by atoms with Gasteiger partial charge in [-0.2, -0.15) is 0 Å². The second-order valence-corrected chi connectivity index (χ2v) is 6.36. The van der Waals surface area contributed by atoms with Gasteiger partial charge in [0, 0.05) is 6.04 Å². The molecule has 1 rings (SSSR count). The minimum absolute atomic E-state index is 0.0627. The van der Waals surface area contributed by atoms with E-state index in [1.807, 2.05) is 19.9 Å².